The van der Waals surface area contributed by atoms with Crippen molar-refractivity contribution in [2.75, 3.05) is 13.7 Å². The van der Waals surface area contributed by atoms with Gasteiger partial charge in [0.05, 0.1) is 7.11 Å². The Labute approximate surface area is 130 Å². The van der Waals surface area contributed by atoms with Gasteiger partial charge in [0, 0.05) is 12.1 Å². The highest BCUT2D eigenvalue weighted by Gasteiger charge is 2.47. The first kappa shape index (κ1) is 14.6. The zero-order valence-corrected chi connectivity index (χ0v) is 13.1. The number of allylic oxidation sites excluding steroid dienone is 1. The average Bonchev–Trinajstić information content (AvgIpc) is 2.53. The highest BCUT2D eigenvalue weighted by atomic mass is 16.5. The summed E-state index contributed by atoms with van der Waals surface area (Å²) in [6.45, 7) is 4.27. The van der Waals surface area contributed by atoms with Gasteiger partial charge in [-0.1, -0.05) is 23.8 Å². The molecule has 1 aromatic carbocycles. The van der Waals surface area contributed by atoms with Gasteiger partial charge in [-0.25, -0.2) is 4.79 Å². The molecular formula is C18H19NO3. The number of hydrogen-bond donors (Lipinski definition) is 0. The molecule has 114 valence electrons. The Morgan fingerprint density at radius 3 is 2.50 bits per heavy atom. The van der Waals surface area contributed by atoms with Crippen molar-refractivity contribution >= 4 is 11.9 Å². The molecule has 0 fully saturated rings. The van der Waals surface area contributed by atoms with Crippen LogP contribution in [-0.4, -0.2) is 36.0 Å². The fourth-order valence-corrected chi connectivity index (χ4v) is 3.18. The summed E-state index contributed by atoms with van der Waals surface area (Å²) >= 11 is 0. The monoisotopic (exact) mass is 297 g/mol. The fraction of sp³-hybridized carbons (Fsp3) is 0.333. The minimum atomic E-state index is -1.05. The van der Waals surface area contributed by atoms with Crippen LogP contribution in [-0.2, 0) is 9.53 Å². The number of esters is 1. The van der Waals surface area contributed by atoms with E-state index in [-0.39, 0.29) is 5.91 Å². The first-order chi connectivity index (χ1) is 10.5. The number of nitrogens with zero attached hydrogens (tertiary/aromatic N) is 1. The van der Waals surface area contributed by atoms with E-state index in [9.17, 15) is 9.59 Å². The predicted octanol–water partition coefficient (Wildman–Crippen LogP) is 2.72. The quantitative estimate of drug-likeness (QED) is 0.789. The van der Waals surface area contributed by atoms with Gasteiger partial charge in [0.25, 0.3) is 5.91 Å². The minimum absolute atomic E-state index is 0.156. The lowest BCUT2D eigenvalue weighted by atomic mass is 9.76. The molecule has 1 heterocycles. The normalized spacial score (nSPS) is 23.4. The standard InChI is InChI=1S/C18H19NO3/c1-12-9-14-10-18(2,17(21)22-3)19(11-15(12)14)16(20)13-7-5-4-6-8-13/h4-8,10H,9,11H2,1-3H3. The molecule has 1 unspecified atom stereocenters. The summed E-state index contributed by atoms with van der Waals surface area (Å²) in [5.74, 6) is -0.566. The number of ether oxygens (including phenoxy) is 1. The molecule has 0 spiro atoms. The second-order valence-corrected chi connectivity index (χ2v) is 6.00. The minimum Gasteiger partial charge on any atom is -0.467 e. The highest BCUT2D eigenvalue weighted by molar-refractivity contribution is 5.99. The van der Waals surface area contributed by atoms with Gasteiger partial charge in [0.2, 0.25) is 0 Å². The van der Waals surface area contributed by atoms with Crippen LogP contribution in [0.25, 0.3) is 0 Å². The van der Waals surface area contributed by atoms with Gasteiger partial charge in [-0.15, -0.1) is 0 Å². The summed E-state index contributed by atoms with van der Waals surface area (Å²) in [5.41, 5.74) is 3.13. The Kier molecular flexibility index (Phi) is 3.39. The summed E-state index contributed by atoms with van der Waals surface area (Å²) in [5, 5.41) is 0. The third kappa shape index (κ3) is 2.06. The molecule has 3 rings (SSSR count). The summed E-state index contributed by atoms with van der Waals surface area (Å²) < 4.78 is 4.95. The molecule has 1 amide bonds. The summed E-state index contributed by atoms with van der Waals surface area (Å²) in [6.07, 6.45) is 2.76. The molecule has 0 aromatic heterocycles. The van der Waals surface area contributed by atoms with Gasteiger partial charge < -0.3 is 9.64 Å². The zero-order chi connectivity index (χ0) is 15.9. The van der Waals surface area contributed by atoms with Crippen LogP contribution in [0.1, 0.15) is 30.6 Å². The van der Waals surface area contributed by atoms with Crippen LogP contribution in [0.5, 0.6) is 0 Å². The van der Waals surface area contributed by atoms with E-state index >= 15 is 0 Å². The van der Waals surface area contributed by atoms with Gasteiger partial charge in [-0.3, -0.25) is 4.79 Å². The van der Waals surface area contributed by atoms with Gasteiger partial charge >= 0.3 is 5.97 Å². The number of carbonyl (C=O) groups is 2. The Morgan fingerprint density at radius 2 is 1.91 bits per heavy atom. The van der Waals surface area contributed by atoms with Crippen molar-refractivity contribution in [2.24, 2.45) is 0 Å². The Bertz CT molecular complexity index is 702. The summed E-state index contributed by atoms with van der Waals surface area (Å²) in [7, 11) is 1.36. The van der Waals surface area contributed by atoms with E-state index in [0.29, 0.717) is 12.1 Å². The first-order valence-corrected chi connectivity index (χ1v) is 7.33. The van der Waals surface area contributed by atoms with Gasteiger partial charge in [-0.05, 0) is 49.6 Å². The Balaban J connectivity index is 2.04. The maximum Gasteiger partial charge on any atom is 0.335 e. The predicted molar refractivity (Wildman–Crippen MR) is 83.3 cm³/mol. The molecule has 1 aliphatic heterocycles. The van der Waals surface area contributed by atoms with Crippen molar-refractivity contribution in [1.82, 2.24) is 4.90 Å². The zero-order valence-electron chi connectivity index (χ0n) is 13.1. The van der Waals surface area contributed by atoms with E-state index in [1.807, 2.05) is 24.3 Å². The number of carbonyl (C=O) groups excluding carboxylic acids is 2. The number of benzene rings is 1. The number of fused-ring (bicyclic) bond motifs is 1. The van der Waals surface area contributed by atoms with Crippen molar-refractivity contribution < 1.29 is 14.3 Å². The van der Waals surface area contributed by atoms with Crippen molar-refractivity contribution in [3.8, 4) is 0 Å². The molecule has 0 saturated carbocycles. The van der Waals surface area contributed by atoms with Gasteiger partial charge in [0.1, 0.15) is 0 Å². The molecule has 2 aliphatic rings. The molecular weight excluding hydrogens is 278 g/mol. The Morgan fingerprint density at radius 1 is 1.23 bits per heavy atom. The molecule has 1 atom stereocenters. The lowest BCUT2D eigenvalue weighted by Crippen LogP contribution is -2.58. The van der Waals surface area contributed by atoms with E-state index in [2.05, 4.69) is 6.92 Å². The van der Waals surface area contributed by atoms with E-state index < -0.39 is 11.5 Å². The fourth-order valence-electron chi connectivity index (χ4n) is 3.18. The number of hydrogen-bond acceptors (Lipinski definition) is 3. The molecule has 0 N–H and O–H groups in total. The summed E-state index contributed by atoms with van der Waals surface area (Å²) in [6, 6.07) is 9.04. The number of amides is 1. The van der Waals surface area contributed by atoms with Crippen LogP contribution in [0.4, 0.5) is 0 Å². The molecule has 4 heteroatoms. The van der Waals surface area contributed by atoms with Crippen LogP contribution in [0.15, 0.2) is 53.1 Å². The number of rotatable bonds is 2. The molecule has 0 radical (unpaired) electrons. The maximum atomic E-state index is 12.9. The lowest BCUT2D eigenvalue weighted by Gasteiger charge is -2.45. The van der Waals surface area contributed by atoms with Crippen LogP contribution >= 0.6 is 0 Å². The Hall–Kier alpha value is -2.36. The first-order valence-electron chi connectivity index (χ1n) is 7.33. The third-order valence-electron chi connectivity index (χ3n) is 4.56. The smallest absolute Gasteiger partial charge is 0.335 e. The van der Waals surface area contributed by atoms with Crippen molar-refractivity contribution in [1.29, 1.82) is 0 Å². The molecule has 1 aliphatic carbocycles. The van der Waals surface area contributed by atoms with Crippen molar-refractivity contribution in [3.05, 3.63) is 58.7 Å². The molecule has 1 aromatic rings. The second-order valence-electron chi connectivity index (χ2n) is 6.00. The van der Waals surface area contributed by atoms with Crippen LogP contribution < -0.4 is 0 Å². The molecule has 22 heavy (non-hydrogen) atoms. The molecule has 0 bridgehead atoms. The summed E-state index contributed by atoms with van der Waals surface area (Å²) in [4.78, 5) is 26.8. The second kappa shape index (κ2) is 5.13. The topological polar surface area (TPSA) is 46.6 Å². The van der Waals surface area contributed by atoms with E-state index in [1.54, 1.807) is 24.0 Å². The highest BCUT2D eigenvalue weighted by Crippen LogP contribution is 2.42. The lowest BCUT2D eigenvalue weighted by molar-refractivity contribution is -0.149. The molecule has 0 saturated heterocycles. The van der Waals surface area contributed by atoms with Crippen molar-refractivity contribution in [3.63, 3.8) is 0 Å². The van der Waals surface area contributed by atoms with Gasteiger partial charge in [-0.2, -0.15) is 0 Å². The van der Waals surface area contributed by atoms with E-state index in [1.165, 1.54) is 18.3 Å². The van der Waals surface area contributed by atoms with Crippen LogP contribution in [0.2, 0.25) is 0 Å². The SMILES string of the molecule is COC(=O)C1(C)C=C2CC(C)=C2CN1C(=O)c1ccccc1. The maximum absolute atomic E-state index is 12.9. The van der Waals surface area contributed by atoms with Gasteiger partial charge in [0.15, 0.2) is 5.54 Å². The molecule has 4 nitrogen and oxygen atoms in total. The average molecular weight is 297 g/mol. The van der Waals surface area contributed by atoms with Crippen LogP contribution in [0, 0.1) is 0 Å². The largest absolute Gasteiger partial charge is 0.467 e. The van der Waals surface area contributed by atoms with E-state index in [4.69, 9.17) is 4.74 Å². The third-order valence-corrected chi connectivity index (χ3v) is 4.56. The number of methoxy groups -OCH3 is 1. The van der Waals surface area contributed by atoms with Crippen molar-refractivity contribution in [2.45, 2.75) is 25.8 Å². The van der Waals surface area contributed by atoms with E-state index in [0.717, 1.165) is 12.0 Å². The van der Waals surface area contributed by atoms with Crippen LogP contribution in [0.3, 0.4) is 0 Å².